The Morgan fingerprint density at radius 2 is 1.91 bits per heavy atom. The van der Waals surface area contributed by atoms with Gasteiger partial charge < -0.3 is 4.90 Å². The molecule has 5 nitrogen and oxygen atoms in total. The van der Waals surface area contributed by atoms with E-state index in [2.05, 4.69) is 6.07 Å². The van der Waals surface area contributed by atoms with Gasteiger partial charge in [0.15, 0.2) is 0 Å². The monoisotopic (exact) mass is 328 g/mol. The molecule has 1 heterocycles. The predicted molar refractivity (Wildman–Crippen MR) is 90.9 cm³/mol. The number of anilines is 1. The van der Waals surface area contributed by atoms with E-state index in [0.717, 1.165) is 17.0 Å². The number of thioether (sulfide) groups is 1. The van der Waals surface area contributed by atoms with Crippen LogP contribution in [0.15, 0.2) is 53.4 Å². The van der Waals surface area contributed by atoms with Gasteiger partial charge in [0, 0.05) is 29.3 Å². The molecule has 0 bridgehead atoms. The lowest BCUT2D eigenvalue weighted by molar-refractivity contribution is -0.384. The maximum Gasteiger partial charge on any atom is 0.269 e. The van der Waals surface area contributed by atoms with Crippen LogP contribution in [0.25, 0.3) is 0 Å². The van der Waals surface area contributed by atoms with Crippen LogP contribution in [0.3, 0.4) is 0 Å². The van der Waals surface area contributed by atoms with Crippen LogP contribution in [-0.4, -0.2) is 22.6 Å². The third-order valence-corrected chi connectivity index (χ3v) is 4.96. The van der Waals surface area contributed by atoms with Crippen molar-refractivity contribution in [3.63, 3.8) is 0 Å². The fourth-order valence-corrected chi connectivity index (χ4v) is 3.62. The third-order valence-electron chi connectivity index (χ3n) is 3.86. The van der Waals surface area contributed by atoms with Gasteiger partial charge in [0.25, 0.3) is 5.69 Å². The van der Waals surface area contributed by atoms with Gasteiger partial charge in [-0.2, -0.15) is 0 Å². The Hall–Kier alpha value is -2.34. The van der Waals surface area contributed by atoms with Gasteiger partial charge in [0.05, 0.1) is 10.2 Å². The number of hydrogen-bond acceptors (Lipinski definition) is 4. The van der Waals surface area contributed by atoms with E-state index in [1.165, 1.54) is 29.5 Å². The molecule has 1 unspecified atom stereocenters. The average Bonchev–Trinajstić information content (AvgIpc) is 2.98. The molecular formula is C17H16N2O3S. The SMILES string of the molecule is CC(Sc1ccc([N+](=O)[O-])cc1)C(=O)N1CCc2ccccc21. The maximum atomic E-state index is 12.7. The van der Waals surface area contributed by atoms with Gasteiger partial charge in [0.2, 0.25) is 5.91 Å². The smallest absolute Gasteiger partial charge is 0.269 e. The van der Waals surface area contributed by atoms with Crippen LogP contribution in [0, 0.1) is 10.1 Å². The van der Waals surface area contributed by atoms with Gasteiger partial charge in [-0.3, -0.25) is 14.9 Å². The first-order chi connectivity index (χ1) is 11.1. The summed E-state index contributed by atoms with van der Waals surface area (Å²) in [6.45, 7) is 2.58. The number of nitro groups is 1. The van der Waals surface area contributed by atoms with Crippen LogP contribution in [0.4, 0.5) is 11.4 Å². The first-order valence-corrected chi connectivity index (χ1v) is 8.24. The van der Waals surface area contributed by atoms with Gasteiger partial charge in [-0.15, -0.1) is 11.8 Å². The molecule has 0 aromatic heterocycles. The first kappa shape index (κ1) is 15.6. The molecule has 0 saturated heterocycles. The van der Waals surface area contributed by atoms with Crippen molar-refractivity contribution in [2.75, 3.05) is 11.4 Å². The van der Waals surface area contributed by atoms with Gasteiger partial charge in [0.1, 0.15) is 0 Å². The molecule has 118 valence electrons. The standard InChI is InChI=1S/C17H16N2O3S/c1-12(23-15-8-6-14(7-9-15)19(21)22)17(20)18-11-10-13-4-2-3-5-16(13)18/h2-9,12H,10-11H2,1H3. The van der Waals surface area contributed by atoms with E-state index in [9.17, 15) is 14.9 Å². The van der Waals surface area contributed by atoms with E-state index in [1.807, 2.05) is 30.0 Å². The number of hydrogen-bond donors (Lipinski definition) is 0. The molecule has 2 aromatic carbocycles. The lowest BCUT2D eigenvalue weighted by atomic mass is 10.2. The Labute approximate surface area is 138 Å². The number of benzene rings is 2. The molecule has 0 fully saturated rings. The van der Waals surface area contributed by atoms with E-state index in [0.29, 0.717) is 6.54 Å². The number of amides is 1. The minimum absolute atomic E-state index is 0.0572. The van der Waals surface area contributed by atoms with Crippen molar-refractivity contribution < 1.29 is 9.72 Å². The Morgan fingerprint density at radius 1 is 1.22 bits per heavy atom. The van der Waals surface area contributed by atoms with Gasteiger partial charge in [-0.05, 0) is 37.1 Å². The van der Waals surface area contributed by atoms with Gasteiger partial charge >= 0.3 is 0 Å². The second-order valence-electron chi connectivity index (χ2n) is 5.38. The summed E-state index contributed by atoms with van der Waals surface area (Å²) in [5, 5.41) is 10.4. The highest BCUT2D eigenvalue weighted by atomic mass is 32.2. The fraction of sp³-hybridized carbons (Fsp3) is 0.235. The molecule has 0 aliphatic carbocycles. The largest absolute Gasteiger partial charge is 0.311 e. The molecule has 23 heavy (non-hydrogen) atoms. The predicted octanol–water partition coefficient (Wildman–Crippen LogP) is 3.66. The lowest BCUT2D eigenvalue weighted by Gasteiger charge is -2.21. The highest BCUT2D eigenvalue weighted by Crippen LogP contribution is 2.32. The van der Waals surface area contributed by atoms with Gasteiger partial charge in [-0.25, -0.2) is 0 Å². The summed E-state index contributed by atoms with van der Waals surface area (Å²) in [6, 6.07) is 14.3. The summed E-state index contributed by atoms with van der Waals surface area (Å²) < 4.78 is 0. The van der Waals surface area contributed by atoms with Crippen molar-refractivity contribution in [1.82, 2.24) is 0 Å². The number of carbonyl (C=O) groups excluding carboxylic acids is 1. The Balaban J connectivity index is 1.70. The van der Waals surface area contributed by atoms with Crippen molar-refractivity contribution in [2.45, 2.75) is 23.5 Å². The summed E-state index contributed by atoms with van der Waals surface area (Å²) in [5.74, 6) is 0.0679. The third kappa shape index (κ3) is 3.22. The number of nitro benzene ring substituents is 1. The lowest BCUT2D eigenvalue weighted by Crippen LogP contribution is -2.35. The number of non-ortho nitro benzene ring substituents is 1. The van der Waals surface area contributed by atoms with Crippen LogP contribution < -0.4 is 4.90 Å². The summed E-state index contributed by atoms with van der Waals surface area (Å²) in [4.78, 5) is 25.6. The Bertz CT molecular complexity index is 746. The van der Waals surface area contributed by atoms with E-state index in [1.54, 1.807) is 12.1 Å². The van der Waals surface area contributed by atoms with Crippen molar-refractivity contribution >= 4 is 29.0 Å². The molecule has 1 aliphatic heterocycles. The van der Waals surface area contributed by atoms with Crippen LogP contribution in [-0.2, 0) is 11.2 Å². The summed E-state index contributed by atoms with van der Waals surface area (Å²) in [6.07, 6.45) is 0.886. The molecule has 0 saturated carbocycles. The zero-order valence-corrected chi connectivity index (χ0v) is 13.5. The zero-order valence-electron chi connectivity index (χ0n) is 12.6. The van der Waals surface area contributed by atoms with Crippen LogP contribution in [0.2, 0.25) is 0 Å². The molecule has 0 radical (unpaired) electrons. The number of para-hydroxylation sites is 1. The number of carbonyl (C=O) groups is 1. The summed E-state index contributed by atoms with van der Waals surface area (Å²) in [5.41, 5.74) is 2.25. The molecule has 2 aromatic rings. The first-order valence-electron chi connectivity index (χ1n) is 7.36. The molecule has 0 N–H and O–H groups in total. The van der Waals surface area contributed by atoms with E-state index < -0.39 is 4.92 Å². The number of fused-ring (bicyclic) bond motifs is 1. The Morgan fingerprint density at radius 3 is 2.61 bits per heavy atom. The van der Waals surface area contributed by atoms with E-state index in [-0.39, 0.29) is 16.8 Å². The van der Waals surface area contributed by atoms with E-state index in [4.69, 9.17) is 0 Å². The quantitative estimate of drug-likeness (QED) is 0.488. The summed E-state index contributed by atoms with van der Waals surface area (Å²) >= 11 is 1.42. The van der Waals surface area contributed by atoms with Crippen molar-refractivity contribution in [1.29, 1.82) is 0 Å². The van der Waals surface area contributed by atoms with Gasteiger partial charge in [-0.1, -0.05) is 18.2 Å². The van der Waals surface area contributed by atoms with Crippen molar-refractivity contribution in [3.05, 3.63) is 64.2 Å². The topological polar surface area (TPSA) is 63.5 Å². The van der Waals surface area contributed by atoms with E-state index >= 15 is 0 Å². The highest BCUT2D eigenvalue weighted by Gasteiger charge is 2.28. The van der Waals surface area contributed by atoms with Crippen LogP contribution in [0.5, 0.6) is 0 Å². The van der Waals surface area contributed by atoms with Crippen molar-refractivity contribution in [3.8, 4) is 0 Å². The molecule has 6 heteroatoms. The Kier molecular flexibility index (Phi) is 4.34. The molecule has 1 amide bonds. The minimum atomic E-state index is -0.426. The molecule has 0 spiro atoms. The zero-order chi connectivity index (χ0) is 16.4. The number of nitrogens with zero attached hydrogens (tertiary/aromatic N) is 2. The number of rotatable bonds is 4. The maximum absolute atomic E-state index is 12.7. The van der Waals surface area contributed by atoms with Crippen LogP contribution in [0.1, 0.15) is 12.5 Å². The molecule has 1 atom stereocenters. The fourth-order valence-electron chi connectivity index (χ4n) is 2.69. The summed E-state index contributed by atoms with van der Waals surface area (Å²) in [7, 11) is 0. The normalized spacial score (nSPS) is 14.4. The minimum Gasteiger partial charge on any atom is -0.311 e. The molecular weight excluding hydrogens is 312 g/mol. The molecule has 1 aliphatic rings. The van der Waals surface area contributed by atoms with Crippen LogP contribution >= 0.6 is 11.8 Å². The van der Waals surface area contributed by atoms with Crippen molar-refractivity contribution in [2.24, 2.45) is 0 Å². The average molecular weight is 328 g/mol. The highest BCUT2D eigenvalue weighted by molar-refractivity contribution is 8.00. The second-order valence-corrected chi connectivity index (χ2v) is 6.79. The molecule has 3 rings (SSSR count). The second kappa shape index (κ2) is 6.42.